The van der Waals surface area contributed by atoms with Crippen molar-refractivity contribution in [2.24, 2.45) is 0 Å². The lowest BCUT2D eigenvalue weighted by atomic mass is 10.2. The number of nitrogens with zero attached hydrogens (tertiary/aromatic N) is 1. The number of carbonyl (C=O) groups excluding carboxylic acids is 1. The monoisotopic (exact) mass is 365 g/mol. The minimum Gasteiger partial charge on any atom is -0.335 e. The van der Waals surface area contributed by atoms with Crippen LogP contribution in [0.4, 0.5) is 0 Å². The summed E-state index contributed by atoms with van der Waals surface area (Å²) >= 11 is 8.29. The van der Waals surface area contributed by atoms with Crippen molar-refractivity contribution in [2.45, 2.75) is 13.3 Å². The average molecular weight is 367 g/mol. The van der Waals surface area contributed by atoms with Gasteiger partial charge in [0.15, 0.2) is 0 Å². The zero-order valence-electron chi connectivity index (χ0n) is 9.00. The van der Waals surface area contributed by atoms with Gasteiger partial charge in [0.25, 0.3) is 5.91 Å². The van der Waals surface area contributed by atoms with Gasteiger partial charge in [0.05, 0.1) is 13.1 Å². The van der Waals surface area contributed by atoms with Crippen molar-refractivity contribution in [3.8, 4) is 0 Å². The molecule has 0 spiro atoms. The maximum atomic E-state index is 12.2. The number of thiophene rings is 1. The van der Waals surface area contributed by atoms with Gasteiger partial charge in [-0.1, -0.05) is 13.0 Å². The number of carbonyl (C=O) groups is 1. The van der Waals surface area contributed by atoms with Crippen molar-refractivity contribution in [3.63, 3.8) is 0 Å². The van der Waals surface area contributed by atoms with E-state index in [0.29, 0.717) is 12.1 Å². The van der Waals surface area contributed by atoms with Crippen LogP contribution in [-0.2, 0) is 0 Å². The fourth-order valence-electron chi connectivity index (χ4n) is 1.36. The van der Waals surface area contributed by atoms with Gasteiger partial charge in [-0.05, 0) is 44.3 Å². The molecule has 0 aliphatic carbocycles. The van der Waals surface area contributed by atoms with Crippen molar-refractivity contribution in [2.75, 3.05) is 13.1 Å². The Morgan fingerprint density at radius 2 is 2.31 bits per heavy atom. The van der Waals surface area contributed by atoms with E-state index in [9.17, 15) is 4.79 Å². The fourth-order valence-corrected chi connectivity index (χ4v) is 4.14. The van der Waals surface area contributed by atoms with Crippen LogP contribution >= 0.6 is 43.2 Å². The molecule has 16 heavy (non-hydrogen) atoms. The molecule has 1 aromatic rings. The van der Waals surface area contributed by atoms with Gasteiger partial charge in [-0.25, -0.2) is 0 Å². The van der Waals surface area contributed by atoms with Gasteiger partial charge in [-0.3, -0.25) is 4.79 Å². The molecule has 0 unspecified atom stereocenters. The second-order valence-electron chi connectivity index (χ2n) is 3.28. The van der Waals surface area contributed by atoms with E-state index in [-0.39, 0.29) is 5.91 Å². The summed E-state index contributed by atoms with van der Waals surface area (Å²) in [5.74, 6) is 0.0515. The summed E-state index contributed by atoms with van der Waals surface area (Å²) in [5, 5.41) is 0. The largest absolute Gasteiger partial charge is 0.335 e. The normalized spacial score (nSPS) is 10.2. The van der Waals surface area contributed by atoms with E-state index in [1.54, 1.807) is 11.0 Å². The quantitative estimate of drug-likeness (QED) is 0.711. The van der Waals surface area contributed by atoms with E-state index in [1.807, 2.05) is 6.07 Å². The predicted octanol–water partition coefficient (Wildman–Crippen LogP) is 4.31. The van der Waals surface area contributed by atoms with Gasteiger partial charge in [0, 0.05) is 13.1 Å². The van der Waals surface area contributed by atoms with E-state index in [2.05, 4.69) is 45.4 Å². The van der Waals surface area contributed by atoms with Crippen LogP contribution in [0.3, 0.4) is 0 Å². The van der Waals surface area contributed by atoms with Crippen LogP contribution in [0.2, 0.25) is 0 Å². The van der Waals surface area contributed by atoms with Crippen LogP contribution in [0.5, 0.6) is 0 Å². The molecule has 0 radical (unpaired) electrons. The van der Waals surface area contributed by atoms with Gasteiger partial charge < -0.3 is 4.90 Å². The third kappa shape index (κ3) is 3.43. The number of amides is 1. The van der Waals surface area contributed by atoms with Crippen molar-refractivity contribution in [1.29, 1.82) is 0 Å². The van der Waals surface area contributed by atoms with Crippen molar-refractivity contribution in [1.82, 2.24) is 4.90 Å². The van der Waals surface area contributed by atoms with Gasteiger partial charge >= 0.3 is 0 Å². The Morgan fingerprint density at radius 1 is 1.62 bits per heavy atom. The highest BCUT2D eigenvalue weighted by Gasteiger charge is 2.18. The zero-order valence-corrected chi connectivity index (χ0v) is 13.0. The third-order valence-corrected chi connectivity index (χ3v) is 4.36. The first kappa shape index (κ1) is 13.9. The summed E-state index contributed by atoms with van der Waals surface area (Å²) in [5.41, 5.74) is 0.715. The minimum atomic E-state index is 0.0515. The first-order chi connectivity index (χ1) is 7.60. The average Bonchev–Trinajstić information content (AvgIpc) is 2.56. The molecule has 0 saturated carbocycles. The van der Waals surface area contributed by atoms with Crippen molar-refractivity contribution < 1.29 is 4.79 Å². The summed E-state index contributed by atoms with van der Waals surface area (Å²) in [6.45, 7) is 7.08. The summed E-state index contributed by atoms with van der Waals surface area (Å²) < 4.78 is 1.83. The highest BCUT2D eigenvalue weighted by molar-refractivity contribution is 9.12. The second-order valence-corrected chi connectivity index (χ2v) is 7.03. The maximum Gasteiger partial charge on any atom is 0.256 e. The molecule has 1 heterocycles. The molecule has 0 saturated heterocycles. The Kier molecular flexibility index (Phi) is 5.72. The molecule has 0 N–H and O–H groups in total. The number of rotatable bonds is 5. The summed E-state index contributed by atoms with van der Waals surface area (Å²) in [7, 11) is 0. The summed E-state index contributed by atoms with van der Waals surface area (Å²) in [6.07, 6.45) is 2.70. The number of hydrogen-bond donors (Lipinski definition) is 0. The molecule has 0 fully saturated rings. The molecular weight excluding hydrogens is 354 g/mol. The van der Waals surface area contributed by atoms with E-state index >= 15 is 0 Å². The minimum absolute atomic E-state index is 0.0515. The van der Waals surface area contributed by atoms with Gasteiger partial charge in [-0.15, -0.1) is 17.9 Å². The third-order valence-electron chi connectivity index (χ3n) is 2.02. The van der Waals surface area contributed by atoms with Crippen molar-refractivity contribution >= 4 is 49.1 Å². The Balaban J connectivity index is 2.89. The fraction of sp³-hybridized carbons (Fsp3) is 0.364. The molecule has 1 rings (SSSR count). The molecule has 0 aliphatic heterocycles. The van der Waals surface area contributed by atoms with Crippen LogP contribution in [-0.4, -0.2) is 23.9 Å². The lowest BCUT2D eigenvalue weighted by molar-refractivity contribution is 0.0773. The smallest absolute Gasteiger partial charge is 0.256 e. The Hall–Kier alpha value is -0.130. The van der Waals surface area contributed by atoms with Gasteiger partial charge in [0.2, 0.25) is 0 Å². The molecular formula is C11H13Br2NOS. The second kappa shape index (κ2) is 6.57. The highest BCUT2D eigenvalue weighted by Crippen LogP contribution is 2.32. The lowest BCUT2D eigenvalue weighted by Crippen LogP contribution is -2.31. The van der Waals surface area contributed by atoms with Gasteiger partial charge in [0.1, 0.15) is 0 Å². The van der Waals surface area contributed by atoms with Crippen molar-refractivity contribution in [3.05, 3.63) is 31.9 Å². The Morgan fingerprint density at radius 3 is 2.75 bits per heavy atom. The molecule has 88 valence electrons. The Bertz CT molecular complexity index is 389. The SMILES string of the molecule is C=CCN(CCC)C(=O)c1cc(Br)sc1Br. The molecule has 1 amide bonds. The molecule has 0 bridgehead atoms. The molecule has 5 heteroatoms. The summed E-state index contributed by atoms with van der Waals surface area (Å²) in [4.78, 5) is 14.0. The van der Waals surface area contributed by atoms with E-state index in [0.717, 1.165) is 20.5 Å². The zero-order chi connectivity index (χ0) is 12.1. The van der Waals surface area contributed by atoms with Crippen LogP contribution < -0.4 is 0 Å². The first-order valence-corrected chi connectivity index (χ1v) is 7.35. The molecule has 0 aliphatic rings. The maximum absolute atomic E-state index is 12.2. The molecule has 2 nitrogen and oxygen atoms in total. The predicted molar refractivity (Wildman–Crippen MR) is 76.1 cm³/mol. The van der Waals surface area contributed by atoms with E-state index in [1.165, 1.54) is 11.3 Å². The number of hydrogen-bond acceptors (Lipinski definition) is 2. The van der Waals surface area contributed by atoms with Crippen LogP contribution in [0, 0.1) is 0 Å². The number of halogens is 2. The molecule has 0 atom stereocenters. The first-order valence-electron chi connectivity index (χ1n) is 4.95. The van der Waals surface area contributed by atoms with E-state index < -0.39 is 0 Å². The van der Waals surface area contributed by atoms with Crippen LogP contribution in [0.15, 0.2) is 26.3 Å². The molecule has 1 aromatic heterocycles. The topological polar surface area (TPSA) is 20.3 Å². The highest BCUT2D eigenvalue weighted by atomic mass is 79.9. The van der Waals surface area contributed by atoms with Crippen LogP contribution in [0.1, 0.15) is 23.7 Å². The van der Waals surface area contributed by atoms with E-state index in [4.69, 9.17) is 0 Å². The summed E-state index contributed by atoms with van der Waals surface area (Å²) in [6, 6.07) is 1.85. The van der Waals surface area contributed by atoms with Crippen LogP contribution in [0.25, 0.3) is 0 Å². The lowest BCUT2D eigenvalue weighted by Gasteiger charge is -2.19. The Labute approximate surface area is 117 Å². The van der Waals surface area contributed by atoms with Gasteiger partial charge in [-0.2, -0.15) is 0 Å². The standard InChI is InChI=1S/C11H13Br2NOS/c1-3-5-14(6-4-2)11(15)8-7-9(12)16-10(8)13/h3,7H,1,4-6H2,2H3. The molecule has 0 aromatic carbocycles.